The molecular formula is C26H25N5O3S2. The van der Waals surface area contributed by atoms with E-state index in [9.17, 15) is 14.4 Å². The topological polar surface area (TPSA) is 101 Å². The number of pyridine rings is 1. The molecule has 3 aromatic rings. The molecule has 2 aliphatic heterocycles. The molecule has 0 radical (unpaired) electrons. The zero-order valence-electron chi connectivity index (χ0n) is 19.7. The molecule has 2 aromatic heterocycles. The molecule has 0 aliphatic carbocycles. The highest BCUT2D eigenvalue weighted by Crippen LogP contribution is 2.35. The van der Waals surface area contributed by atoms with Crippen LogP contribution in [-0.4, -0.2) is 43.5 Å². The van der Waals surface area contributed by atoms with E-state index in [0.29, 0.717) is 58.7 Å². The van der Waals surface area contributed by atoms with Crippen LogP contribution in [0.15, 0.2) is 58.4 Å². The maximum absolute atomic E-state index is 13.7. The van der Waals surface area contributed by atoms with Gasteiger partial charge in [-0.15, -0.1) is 0 Å². The van der Waals surface area contributed by atoms with Gasteiger partial charge in [-0.2, -0.15) is 0 Å². The fraction of sp³-hybridized carbons (Fsp3) is 0.269. The van der Waals surface area contributed by atoms with Gasteiger partial charge in [-0.1, -0.05) is 60.4 Å². The van der Waals surface area contributed by atoms with Crippen molar-refractivity contribution in [2.75, 3.05) is 18.0 Å². The van der Waals surface area contributed by atoms with Crippen LogP contribution in [0.4, 0.5) is 5.82 Å². The van der Waals surface area contributed by atoms with Crippen LogP contribution in [-0.2, 0) is 16.1 Å². The lowest BCUT2D eigenvalue weighted by Gasteiger charge is -2.32. The summed E-state index contributed by atoms with van der Waals surface area (Å²) in [4.78, 5) is 47.5. The number of thiocarbonyl (C=S) groups is 1. The predicted molar refractivity (Wildman–Crippen MR) is 145 cm³/mol. The first-order valence-corrected chi connectivity index (χ1v) is 12.9. The summed E-state index contributed by atoms with van der Waals surface area (Å²) >= 11 is 6.69. The molecule has 0 spiro atoms. The standard InChI is InChI=1S/C26H25N5O3S2/c1-16-6-5-11-30-22(16)28-23(29-12-9-18(10-13-29)21(27)32)19(24(30)33)14-20-25(34)31(26(35)36-20)15-17-7-3-2-4-8-17/h2-8,11,14,18H,9-10,12-13,15H2,1H3,(H2,27,32). The van der Waals surface area contributed by atoms with Crippen LogP contribution < -0.4 is 16.2 Å². The molecule has 2 N–H and O–H groups in total. The molecule has 2 aliphatic rings. The highest BCUT2D eigenvalue weighted by Gasteiger charge is 2.33. The SMILES string of the molecule is Cc1cccn2c(=O)c(C=C3SC(=S)N(Cc4ccccc4)C3=O)c(N3CCC(C(N)=O)CC3)nc12. The van der Waals surface area contributed by atoms with Crippen molar-refractivity contribution in [3.8, 4) is 0 Å². The number of benzene rings is 1. The zero-order chi connectivity index (χ0) is 25.4. The highest BCUT2D eigenvalue weighted by atomic mass is 32.2. The van der Waals surface area contributed by atoms with Crippen LogP contribution in [0.2, 0.25) is 0 Å². The molecule has 2 amide bonds. The van der Waals surface area contributed by atoms with Gasteiger partial charge in [-0.05, 0) is 43.0 Å². The van der Waals surface area contributed by atoms with Crippen LogP contribution in [0.5, 0.6) is 0 Å². The van der Waals surface area contributed by atoms with E-state index >= 15 is 0 Å². The van der Waals surface area contributed by atoms with E-state index in [-0.39, 0.29) is 23.3 Å². The lowest BCUT2D eigenvalue weighted by Crippen LogP contribution is -2.40. The van der Waals surface area contributed by atoms with Crippen LogP contribution in [0.3, 0.4) is 0 Å². The van der Waals surface area contributed by atoms with Crippen molar-refractivity contribution in [3.63, 3.8) is 0 Å². The number of rotatable bonds is 5. The van der Waals surface area contributed by atoms with E-state index in [1.807, 2.05) is 48.2 Å². The van der Waals surface area contributed by atoms with E-state index in [0.717, 1.165) is 11.1 Å². The Morgan fingerprint density at radius 3 is 2.58 bits per heavy atom. The number of hydrogen-bond acceptors (Lipinski definition) is 7. The van der Waals surface area contributed by atoms with Gasteiger partial charge in [0.15, 0.2) is 0 Å². The maximum atomic E-state index is 13.7. The summed E-state index contributed by atoms with van der Waals surface area (Å²) in [5.74, 6) is -0.229. The van der Waals surface area contributed by atoms with Crippen LogP contribution in [0, 0.1) is 12.8 Å². The maximum Gasteiger partial charge on any atom is 0.267 e. The summed E-state index contributed by atoms with van der Waals surface area (Å²) in [6, 6.07) is 13.3. The second-order valence-corrected chi connectivity index (χ2v) is 10.6. The molecule has 10 heteroatoms. The summed E-state index contributed by atoms with van der Waals surface area (Å²) < 4.78 is 1.95. The largest absolute Gasteiger partial charge is 0.369 e. The minimum absolute atomic E-state index is 0.192. The van der Waals surface area contributed by atoms with Gasteiger partial charge in [-0.3, -0.25) is 23.7 Å². The Morgan fingerprint density at radius 1 is 1.17 bits per heavy atom. The number of fused-ring (bicyclic) bond motifs is 1. The smallest absolute Gasteiger partial charge is 0.267 e. The fourth-order valence-electron chi connectivity index (χ4n) is 4.58. The average molecular weight is 520 g/mol. The molecule has 0 bridgehead atoms. The van der Waals surface area contributed by atoms with Crippen molar-refractivity contribution in [1.29, 1.82) is 0 Å². The Kier molecular flexibility index (Phi) is 6.63. The Balaban J connectivity index is 1.56. The molecule has 184 valence electrons. The number of nitrogens with two attached hydrogens (primary N) is 1. The summed E-state index contributed by atoms with van der Waals surface area (Å²) in [5, 5.41) is 0. The minimum atomic E-state index is -0.306. The highest BCUT2D eigenvalue weighted by molar-refractivity contribution is 8.26. The zero-order valence-corrected chi connectivity index (χ0v) is 21.3. The fourth-order valence-corrected chi connectivity index (χ4v) is 5.81. The summed E-state index contributed by atoms with van der Waals surface area (Å²) in [6.07, 6.45) is 4.47. The third-order valence-corrected chi connectivity index (χ3v) is 7.97. The molecule has 0 saturated carbocycles. The number of anilines is 1. The van der Waals surface area contributed by atoms with E-state index in [1.54, 1.807) is 23.2 Å². The molecule has 4 heterocycles. The number of carbonyl (C=O) groups excluding carboxylic acids is 2. The normalized spacial score (nSPS) is 18.0. The van der Waals surface area contributed by atoms with Crippen LogP contribution >= 0.6 is 24.0 Å². The number of amides is 2. The van der Waals surface area contributed by atoms with Crippen molar-refractivity contribution in [3.05, 3.63) is 80.6 Å². The third kappa shape index (κ3) is 4.54. The van der Waals surface area contributed by atoms with E-state index in [2.05, 4.69) is 0 Å². The minimum Gasteiger partial charge on any atom is -0.369 e. The van der Waals surface area contributed by atoms with E-state index < -0.39 is 0 Å². The summed E-state index contributed by atoms with van der Waals surface area (Å²) in [5.41, 5.74) is 7.97. The quantitative estimate of drug-likeness (QED) is 0.408. The van der Waals surface area contributed by atoms with E-state index in [4.69, 9.17) is 22.9 Å². The van der Waals surface area contributed by atoms with Gasteiger partial charge in [0.05, 0.1) is 17.0 Å². The lowest BCUT2D eigenvalue weighted by atomic mass is 9.96. The molecule has 8 nitrogen and oxygen atoms in total. The molecule has 0 unspecified atom stereocenters. The number of piperidine rings is 1. The lowest BCUT2D eigenvalue weighted by molar-refractivity contribution is -0.123. The Labute approximate surface area is 217 Å². The van der Waals surface area contributed by atoms with Crippen LogP contribution in [0.25, 0.3) is 11.7 Å². The van der Waals surface area contributed by atoms with Gasteiger partial charge >= 0.3 is 0 Å². The van der Waals surface area contributed by atoms with Gasteiger partial charge in [0.1, 0.15) is 15.8 Å². The van der Waals surface area contributed by atoms with Crippen molar-refractivity contribution in [2.24, 2.45) is 11.7 Å². The second-order valence-electron chi connectivity index (χ2n) is 8.96. The predicted octanol–water partition coefficient (Wildman–Crippen LogP) is 3.11. The molecular weight excluding hydrogens is 494 g/mol. The first-order chi connectivity index (χ1) is 17.3. The van der Waals surface area contributed by atoms with Crippen molar-refractivity contribution < 1.29 is 9.59 Å². The number of thioether (sulfide) groups is 1. The van der Waals surface area contributed by atoms with Crippen molar-refractivity contribution in [1.82, 2.24) is 14.3 Å². The molecule has 5 rings (SSSR count). The number of aromatic nitrogens is 2. The van der Waals surface area contributed by atoms with E-state index in [1.165, 1.54) is 16.2 Å². The average Bonchev–Trinajstić information content (AvgIpc) is 3.14. The number of hydrogen-bond donors (Lipinski definition) is 1. The molecule has 36 heavy (non-hydrogen) atoms. The van der Waals surface area contributed by atoms with Gasteiger partial charge < -0.3 is 10.6 Å². The second kappa shape index (κ2) is 9.87. The number of primary amides is 1. The molecule has 1 aromatic carbocycles. The van der Waals surface area contributed by atoms with Gasteiger partial charge in [0.2, 0.25) is 5.91 Å². The monoisotopic (exact) mass is 519 g/mol. The number of aryl methyl sites for hydroxylation is 1. The third-order valence-electron chi connectivity index (χ3n) is 6.59. The molecule has 2 saturated heterocycles. The summed E-state index contributed by atoms with van der Waals surface area (Å²) in [7, 11) is 0. The first-order valence-electron chi connectivity index (χ1n) is 11.7. The summed E-state index contributed by atoms with van der Waals surface area (Å²) in [6.45, 7) is 3.35. The molecule has 0 atom stereocenters. The van der Waals surface area contributed by atoms with Gasteiger partial charge in [0.25, 0.3) is 11.5 Å². The number of nitrogens with zero attached hydrogens (tertiary/aromatic N) is 4. The Morgan fingerprint density at radius 2 is 1.89 bits per heavy atom. The molecule has 2 fully saturated rings. The van der Waals surface area contributed by atoms with Gasteiger partial charge in [0, 0.05) is 25.2 Å². The number of carbonyl (C=O) groups is 2. The van der Waals surface area contributed by atoms with Gasteiger partial charge in [-0.25, -0.2) is 4.98 Å². The van der Waals surface area contributed by atoms with Crippen LogP contribution in [0.1, 0.15) is 29.5 Å². The Hall–Kier alpha value is -3.50. The first kappa shape index (κ1) is 24.2. The Bertz CT molecular complexity index is 1460. The van der Waals surface area contributed by atoms with Crippen molar-refractivity contribution >= 4 is 57.7 Å². The van der Waals surface area contributed by atoms with Crippen molar-refractivity contribution in [2.45, 2.75) is 26.3 Å².